The first kappa shape index (κ1) is 17.2. The van der Waals surface area contributed by atoms with Crippen molar-refractivity contribution in [2.75, 3.05) is 13.6 Å². The first-order valence-electron chi connectivity index (χ1n) is 7.91. The average molecular weight is 280 g/mol. The van der Waals surface area contributed by atoms with Crippen molar-refractivity contribution in [2.24, 2.45) is 11.3 Å². The molecule has 1 rings (SSSR count). The van der Waals surface area contributed by atoms with Crippen LogP contribution in [0.15, 0.2) is 12.3 Å². The number of nitrogens with one attached hydrogen (secondary N) is 1. The maximum Gasteiger partial charge on any atom is 0.154 e. The summed E-state index contributed by atoms with van der Waals surface area (Å²) in [6.45, 7) is 16.1. The van der Waals surface area contributed by atoms with Crippen molar-refractivity contribution < 1.29 is 4.79 Å². The second-order valence-electron chi connectivity index (χ2n) is 7.08. The van der Waals surface area contributed by atoms with E-state index in [1.807, 2.05) is 14.0 Å². The molecule has 3 nitrogen and oxygen atoms in total. The molecule has 3 atom stereocenters. The van der Waals surface area contributed by atoms with E-state index in [4.69, 9.17) is 0 Å². The van der Waals surface area contributed by atoms with Crippen LogP contribution in [0.25, 0.3) is 0 Å². The van der Waals surface area contributed by atoms with Gasteiger partial charge in [-0.2, -0.15) is 0 Å². The van der Waals surface area contributed by atoms with Gasteiger partial charge in [-0.15, -0.1) is 0 Å². The van der Waals surface area contributed by atoms with E-state index in [2.05, 4.69) is 44.5 Å². The van der Waals surface area contributed by atoms with Crippen molar-refractivity contribution in [1.82, 2.24) is 10.2 Å². The van der Waals surface area contributed by atoms with E-state index < -0.39 is 0 Å². The molecule has 0 bridgehead atoms. The predicted octanol–water partition coefficient (Wildman–Crippen LogP) is 3.21. The Morgan fingerprint density at radius 2 is 2.00 bits per heavy atom. The summed E-state index contributed by atoms with van der Waals surface area (Å²) in [5, 5.41) is 3.38. The molecule has 0 aromatic rings. The summed E-state index contributed by atoms with van der Waals surface area (Å²) in [6.07, 6.45) is 2.74. The lowest BCUT2D eigenvalue weighted by atomic mass is 9.84. The van der Waals surface area contributed by atoms with Crippen LogP contribution in [0.5, 0.6) is 0 Å². The van der Waals surface area contributed by atoms with E-state index in [-0.39, 0.29) is 17.5 Å². The minimum absolute atomic E-state index is 0.0376. The number of rotatable bonds is 6. The Hall–Kier alpha value is -0.830. The topological polar surface area (TPSA) is 32.3 Å². The zero-order valence-electron chi connectivity index (χ0n) is 14.1. The van der Waals surface area contributed by atoms with Gasteiger partial charge in [-0.25, -0.2) is 0 Å². The minimum atomic E-state index is 0.0376. The Balaban J connectivity index is 2.95. The van der Waals surface area contributed by atoms with Crippen LogP contribution in [0.4, 0.5) is 0 Å². The van der Waals surface area contributed by atoms with E-state index >= 15 is 0 Å². The fourth-order valence-corrected chi connectivity index (χ4v) is 3.34. The molecule has 1 aliphatic heterocycles. The molecule has 1 fully saturated rings. The molecule has 1 heterocycles. The molecule has 0 amide bonds. The summed E-state index contributed by atoms with van der Waals surface area (Å²) >= 11 is 0. The number of Topliss-reactive ketones (excluding diaryl/α,β-unsaturated/α-hetero) is 1. The molecule has 3 heteroatoms. The number of carbonyl (C=O) groups excluding carboxylic acids is 1. The molecule has 1 N–H and O–H groups in total. The Morgan fingerprint density at radius 1 is 1.40 bits per heavy atom. The largest absolute Gasteiger partial charge is 0.364 e. The summed E-state index contributed by atoms with van der Waals surface area (Å²) in [5.74, 6) is 0.968. The van der Waals surface area contributed by atoms with Gasteiger partial charge in [0.15, 0.2) is 5.78 Å². The molecular weight excluding hydrogens is 248 g/mol. The molecule has 116 valence electrons. The van der Waals surface area contributed by atoms with Crippen molar-refractivity contribution in [3.05, 3.63) is 12.3 Å². The van der Waals surface area contributed by atoms with Crippen LogP contribution in [0, 0.1) is 11.3 Å². The highest BCUT2D eigenvalue weighted by atomic mass is 16.1. The van der Waals surface area contributed by atoms with Crippen molar-refractivity contribution in [1.29, 1.82) is 0 Å². The summed E-state index contributed by atoms with van der Waals surface area (Å²) in [7, 11) is 1.98. The number of hydrogen-bond acceptors (Lipinski definition) is 3. The predicted molar refractivity (Wildman–Crippen MR) is 85.6 cm³/mol. The zero-order valence-corrected chi connectivity index (χ0v) is 14.1. The lowest BCUT2D eigenvalue weighted by molar-refractivity contribution is -0.122. The van der Waals surface area contributed by atoms with Crippen LogP contribution < -0.4 is 5.32 Å². The minimum Gasteiger partial charge on any atom is -0.364 e. The third-order valence-corrected chi connectivity index (χ3v) is 4.54. The Labute approximate surface area is 124 Å². The third kappa shape index (κ3) is 3.63. The third-order valence-electron chi connectivity index (χ3n) is 4.54. The second-order valence-corrected chi connectivity index (χ2v) is 7.08. The van der Waals surface area contributed by atoms with Gasteiger partial charge in [-0.3, -0.25) is 4.79 Å². The highest BCUT2D eigenvalue weighted by Gasteiger charge is 2.39. The van der Waals surface area contributed by atoms with Crippen molar-refractivity contribution in [3.8, 4) is 0 Å². The first-order valence-corrected chi connectivity index (χ1v) is 7.91. The van der Waals surface area contributed by atoms with Crippen LogP contribution in [-0.4, -0.2) is 36.4 Å². The molecular formula is C17H32N2O. The van der Waals surface area contributed by atoms with E-state index in [0.29, 0.717) is 18.1 Å². The van der Waals surface area contributed by atoms with Gasteiger partial charge in [0.1, 0.15) is 0 Å². The van der Waals surface area contributed by atoms with Crippen molar-refractivity contribution >= 4 is 5.78 Å². The Kier molecular flexibility index (Phi) is 5.81. The molecule has 0 spiro atoms. The molecule has 1 saturated heterocycles. The van der Waals surface area contributed by atoms with Crippen molar-refractivity contribution in [2.45, 2.75) is 66.0 Å². The van der Waals surface area contributed by atoms with Crippen LogP contribution >= 0.6 is 0 Å². The normalized spacial score (nSPS) is 24.8. The molecule has 0 saturated carbocycles. The molecule has 2 unspecified atom stereocenters. The SMILES string of the molecule is C=C(C(NC)C(C)(C)C)N1C[C@H](CC)CC1C(=O)CC. The van der Waals surface area contributed by atoms with E-state index in [9.17, 15) is 4.79 Å². The Morgan fingerprint density at radius 3 is 2.40 bits per heavy atom. The number of nitrogens with zero attached hydrogens (tertiary/aromatic N) is 1. The molecule has 0 aliphatic carbocycles. The Bertz CT molecular complexity index is 356. The highest BCUT2D eigenvalue weighted by molar-refractivity contribution is 5.84. The summed E-state index contributed by atoms with van der Waals surface area (Å²) in [4.78, 5) is 14.5. The first-order chi connectivity index (χ1) is 9.26. The number of ketones is 1. The van der Waals surface area contributed by atoms with E-state index in [1.165, 1.54) is 0 Å². The lowest BCUT2D eigenvalue weighted by Crippen LogP contribution is -2.47. The van der Waals surface area contributed by atoms with Crippen LogP contribution in [-0.2, 0) is 4.79 Å². The highest BCUT2D eigenvalue weighted by Crippen LogP contribution is 2.34. The summed E-state index contributed by atoms with van der Waals surface area (Å²) in [5.41, 5.74) is 1.17. The van der Waals surface area contributed by atoms with E-state index in [1.54, 1.807) is 0 Å². The fourth-order valence-electron chi connectivity index (χ4n) is 3.34. The van der Waals surface area contributed by atoms with Crippen LogP contribution in [0.1, 0.15) is 53.9 Å². The van der Waals surface area contributed by atoms with Gasteiger partial charge >= 0.3 is 0 Å². The standard InChI is InChI=1S/C17H32N2O/c1-8-13-10-14(15(20)9-2)19(11-13)12(3)16(18-7)17(4,5)6/h13-14,16,18H,3,8-11H2,1-2,4-7H3/t13-,14?,16?/m1/s1. The smallest absolute Gasteiger partial charge is 0.154 e. The maximum absolute atomic E-state index is 12.2. The molecule has 0 radical (unpaired) electrons. The fraction of sp³-hybridized carbons (Fsp3) is 0.824. The number of hydrogen-bond donors (Lipinski definition) is 1. The van der Waals surface area contributed by atoms with Gasteiger partial charge in [-0.1, -0.05) is 47.6 Å². The van der Waals surface area contributed by atoms with Gasteiger partial charge in [-0.05, 0) is 24.8 Å². The lowest BCUT2D eigenvalue weighted by Gasteiger charge is -2.38. The van der Waals surface area contributed by atoms with Gasteiger partial charge in [0.05, 0.1) is 12.1 Å². The average Bonchev–Trinajstić information content (AvgIpc) is 2.80. The second kappa shape index (κ2) is 6.75. The zero-order chi connectivity index (χ0) is 15.5. The van der Waals surface area contributed by atoms with Crippen LogP contribution in [0.2, 0.25) is 0 Å². The van der Waals surface area contributed by atoms with Gasteiger partial charge in [0.2, 0.25) is 0 Å². The van der Waals surface area contributed by atoms with Crippen molar-refractivity contribution in [3.63, 3.8) is 0 Å². The molecule has 20 heavy (non-hydrogen) atoms. The van der Waals surface area contributed by atoms with Gasteiger partial charge in [0, 0.05) is 18.7 Å². The number of carbonyl (C=O) groups is 1. The quantitative estimate of drug-likeness (QED) is 0.811. The summed E-state index contributed by atoms with van der Waals surface area (Å²) in [6, 6.07) is 0.237. The molecule has 1 aliphatic rings. The number of likely N-dealkylation sites (tertiary alicyclic amines) is 1. The van der Waals surface area contributed by atoms with Gasteiger partial charge in [0.25, 0.3) is 0 Å². The van der Waals surface area contributed by atoms with E-state index in [0.717, 1.165) is 25.1 Å². The molecule has 0 aromatic heterocycles. The monoisotopic (exact) mass is 280 g/mol. The molecule has 0 aromatic carbocycles. The van der Waals surface area contributed by atoms with Gasteiger partial charge < -0.3 is 10.2 Å². The number of likely N-dealkylation sites (N-methyl/N-ethyl adjacent to an activating group) is 1. The van der Waals surface area contributed by atoms with Crippen LogP contribution in [0.3, 0.4) is 0 Å². The summed E-state index contributed by atoms with van der Waals surface area (Å²) < 4.78 is 0. The maximum atomic E-state index is 12.2.